The lowest BCUT2D eigenvalue weighted by Gasteiger charge is -2.11. The van der Waals surface area contributed by atoms with Gasteiger partial charge >= 0.3 is 0 Å². The van der Waals surface area contributed by atoms with Crippen molar-refractivity contribution in [2.75, 3.05) is 0 Å². The molecule has 0 saturated carbocycles. The molecule has 94 valence electrons. The highest BCUT2D eigenvalue weighted by Crippen LogP contribution is 2.35. The van der Waals surface area contributed by atoms with Crippen molar-refractivity contribution in [3.05, 3.63) is 65.9 Å². The van der Waals surface area contributed by atoms with Crippen molar-refractivity contribution in [1.82, 2.24) is 4.98 Å². The predicted octanol–water partition coefficient (Wildman–Crippen LogP) is 5.00. The fourth-order valence-corrected chi connectivity index (χ4v) is 3.26. The van der Waals surface area contributed by atoms with E-state index in [4.69, 9.17) is 4.98 Å². The van der Waals surface area contributed by atoms with Crippen LogP contribution in [0.25, 0.3) is 10.9 Å². The molecule has 0 bridgehead atoms. The summed E-state index contributed by atoms with van der Waals surface area (Å²) in [5, 5.41) is 1.24. The average molecular weight is 265 g/mol. The van der Waals surface area contributed by atoms with Crippen molar-refractivity contribution in [2.45, 2.75) is 23.6 Å². The number of nitrogens with zero attached hydrogens (tertiary/aromatic N) is 1. The van der Waals surface area contributed by atoms with Crippen LogP contribution in [0, 0.1) is 13.8 Å². The lowest BCUT2D eigenvalue weighted by molar-refractivity contribution is 1.12. The zero-order valence-electron chi connectivity index (χ0n) is 11.1. The highest BCUT2D eigenvalue weighted by Gasteiger charge is 2.10. The van der Waals surface area contributed by atoms with E-state index in [9.17, 15) is 0 Å². The molecule has 2 heteroatoms. The van der Waals surface area contributed by atoms with Gasteiger partial charge in [0.05, 0.1) is 11.2 Å². The number of hydrogen-bond donors (Lipinski definition) is 0. The van der Waals surface area contributed by atoms with E-state index in [1.807, 2.05) is 12.1 Å². The minimum atomic E-state index is 1.08. The first kappa shape index (κ1) is 12.2. The molecule has 1 heterocycles. The van der Waals surface area contributed by atoms with Gasteiger partial charge in [-0.1, -0.05) is 48.2 Å². The van der Waals surface area contributed by atoms with Gasteiger partial charge in [0.15, 0.2) is 0 Å². The third-order valence-corrected chi connectivity index (χ3v) is 4.54. The maximum absolute atomic E-state index is 4.71. The Kier molecular flexibility index (Phi) is 3.26. The summed E-state index contributed by atoms with van der Waals surface area (Å²) in [6.07, 6.45) is 0. The number of aryl methyl sites for hydroxylation is 2. The number of benzene rings is 2. The summed E-state index contributed by atoms with van der Waals surface area (Å²) in [7, 11) is 0. The molecule has 0 saturated heterocycles. The fraction of sp³-hybridized carbons (Fsp3) is 0.118. The molecule has 0 fully saturated rings. The zero-order valence-corrected chi connectivity index (χ0v) is 11.9. The number of para-hydroxylation sites is 1. The Hall–Kier alpha value is -1.80. The second kappa shape index (κ2) is 5.06. The molecule has 1 aromatic heterocycles. The van der Waals surface area contributed by atoms with Gasteiger partial charge in [-0.15, -0.1) is 0 Å². The largest absolute Gasteiger partial charge is 0.252 e. The van der Waals surface area contributed by atoms with Crippen molar-refractivity contribution in [3.8, 4) is 0 Å². The summed E-state index contributed by atoms with van der Waals surface area (Å²) >= 11 is 1.79. The molecule has 0 atom stereocenters. The van der Waals surface area contributed by atoms with Crippen LogP contribution in [0.5, 0.6) is 0 Å². The summed E-state index contributed by atoms with van der Waals surface area (Å²) in [4.78, 5) is 7.24. The van der Waals surface area contributed by atoms with Crippen molar-refractivity contribution in [2.24, 2.45) is 0 Å². The van der Waals surface area contributed by atoms with Gasteiger partial charge in [-0.05, 0) is 37.6 Å². The normalized spacial score (nSPS) is 10.8. The molecular formula is C17H15NS. The fourth-order valence-electron chi connectivity index (χ4n) is 2.27. The molecular weight excluding hydrogens is 250 g/mol. The molecule has 1 nitrogen and oxygen atoms in total. The third-order valence-electron chi connectivity index (χ3n) is 3.23. The van der Waals surface area contributed by atoms with E-state index in [-0.39, 0.29) is 0 Å². The standard InChI is InChI=1S/C17H15NS/c1-12-15-10-6-7-11-16(15)18-13(2)17(12)19-14-8-4-3-5-9-14/h3-11H,1-2H3. The molecule has 0 aliphatic carbocycles. The molecule has 0 radical (unpaired) electrons. The monoisotopic (exact) mass is 265 g/mol. The second-order valence-corrected chi connectivity index (χ2v) is 5.67. The Morgan fingerprint density at radius 2 is 1.53 bits per heavy atom. The smallest absolute Gasteiger partial charge is 0.0708 e. The molecule has 0 unspecified atom stereocenters. The van der Waals surface area contributed by atoms with Gasteiger partial charge in [0, 0.05) is 15.2 Å². The van der Waals surface area contributed by atoms with Gasteiger partial charge in [0.25, 0.3) is 0 Å². The van der Waals surface area contributed by atoms with Gasteiger partial charge in [-0.25, -0.2) is 0 Å². The summed E-state index contributed by atoms with van der Waals surface area (Å²) < 4.78 is 0. The van der Waals surface area contributed by atoms with Crippen LogP contribution in [0.1, 0.15) is 11.3 Å². The van der Waals surface area contributed by atoms with E-state index in [2.05, 4.69) is 56.3 Å². The summed E-state index contributed by atoms with van der Waals surface area (Å²) in [6, 6.07) is 18.8. The Bertz CT molecular complexity index is 720. The maximum atomic E-state index is 4.71. The van der Waals surface area contributed by atoms with Crippen molar-refractivity contribution in [1.29, 1.82) is 0 Å². The first-order valence-corrected chi connectivity index (χ1v) is 7.16. The highest BCUT2D eigenvalue weighted by atomic mass is 32.2. The van der Waals surface area contributed by atoms with Crippen molar-refractivity contribution in [3.63, 3.8) is 0 Å². The number of rotatable bonds is 2. The van der Waals surface area contributed by atoms with Crippen LogP contribution in [0.4, 0.5) is 0 Å². The van der Waals surface area contributed by atoms with E-state index < -0.39 is 0 Å². The summed E-state index contributed by atoms with van der Waals surface area (Å²) in [5.74, 6) is 0. The molecule has 2 aromatic carbocycles. The van der Waals surface area contributed by atoms with E-state index in [1.165, 1.54) is 20.7 Å². The number of pyridine rings is 1. The van der Waals surface area contributed by atoms with Gasteiger partial charge in [-0.2, -0.15) is 0 Å². The molecule has 3 aromatic rings. The van der Waals surface area contributed by atoms with E-state index >= 15 is 0 Å². The van der Waals surface area contributed by atoms with Crippen LogP contribution < -0.4 is 0 Å². The molecule has 0 amide bonds. The number of hydrogen-bond acceptors (Lipinski definition) is 2. The maximum Gasteiger partial charge on any atom is 0.0708 e. The third kappa shape index (κ3) is 2.36. The Morgan fingerprint density at radius 3 is 2.32 bits per heavy atom. The molecule has 3 rings (SSSR count). The van der Waals surface area contributed by atoms with Crippen LogP contribution in [-0.2, 0) is 0 Å². The Labute approximate surface area is 117 Å². The van der Waals surface area contributed by atoms with Crippen LogP contribution in [0.2, 0.25) is 0 Å². The summed E-state index contributed by atoms with van der Waals surface area (Å²) in [6.45, 7) is 4.27. The van der Waals surface area contributed by atoms with Crippen LogP contribution in [0.15, 0.2) is 64.4 Å². The van der Waals surface area contributed by atoms with E-state index in [0.717, 1.165) is 11.2 Å². The number of aromatic nitrogens is 1. The Morgan fingerprint density at radius 1 is 0.842 bits per heavy atom. The minimum absolute atomic E-state index is 1.08. The van der Waals surface area contributed by atoms with E-state index in [1.54, 1.807) is 11.8 Å². The lowest BCUT2D eigenvalue weighted by Crippen LogP contribution is -1.92. The van der Waals surface area contributed by atoms with Gasteiger partial charge in [0.1, 0.15) is 0 Å². The second-order valence-electron chi connectivity index (χ2n) is 4.58. The average Bonchev–Trinajstić information content (AvgIpc) is 2.45. The lowest BCUT2D eigenvalue weighted by atomic mass is 10.1. The quantitative estimate of drug-likeness (QED) is 0.646. The Balaban J connectivity index is 2.13. The van der Waals surface area contributed by atoms with Crippen molar-refractivity contribution < 1.29 is 0 Å². The molecule has 0 N–H and O–H groups in total. The first-order chi connectivity index (χ1) is 9.25. The molecule has 0 spiro atoms. The molecule has 0 aliphatic heterocycles. The summed E-state index contributed by atoms with van der Waals surface area (Å²) in [5.41, 5.74) is 3.50. The van der Waals surface area contributed by atoms with Crippen LogP contribution >= 0.6 is 11.8 Å². The van der Waals surface area contributed by atoms with E-state index in [0.29, 0.717) is 0 Å². The van der Waals surface area contributed by atoms with Crippen molar-refractivity contribution >= 4 is 22.7 Å². The highest BCUT2D eigenvalue weighted by molar-refractivity contribution is 7.99. The minimum Gasteiger partial charge on any atom is -0.252 e. The van der Waals surface area contributed by atoms with Gasteiger partial charge < -0.3 is 0 Å². The SMILES string of the molecule is Cc1nc2ccccc2c(C)c1Sc1ccccc1. The number of fused-ring (bicyclic) bond motifs is 1. The predicted molar refractivity (Wildman–Crippen MR) is 81.8 cm³/mol. The van der Waals surface area contributed by atoms with Gasteiger partial charge in [-0.3, -0.25) is 4.98 Å². The van der Waals surface area contributed by atoms with Gasteiger partial charge in [0.2, 0.25) is 0 Å². The zero-order chi connectivity index (χ0) is 13.2. The molecule has 19 heavy (non-hydrogen) atoms. The molecule has 0 aliphatic rings. The van der Waals surface area contributed by atoms with Crippen LogP contribution in [-0.4, -0.2) is 4.98 Å². The topological polar surface area (TPSA) is 12.9 Å². The first-order valence-electron chi connectivity index (χ1n) is 6.34. The van der Waals surface area contributed by atoms with Crippen LogP contribution in [0.3, 0.4) is 0 Å².